The van der Waals surface area contributed by atoms with E-state index in [9.17, 15) is 24.0 Å². The average molecular weight is 997 g/mol. The molecule has 0 spiro atoms. The van der Waals surface area contributed by atoms with Crippen molar-refractivity contribution in [3.05, 3.63) is 106 Å². The molecule has 5 amide bonds. The molecule has 1 aliphatic carbocycles. The van der Waals surface area contributed by atoms with E-state index in [0.29, 0.717) is 118 Å². The summed E-state index contributed by atoms with van der Waals surface area (Å²) in [4.78, 5) is 78.7. The molecule has 3 aromatic carbocycles. The molecule has 0 bridgehead atoms. The van der Waals surface area contributed by atoms with E-state index in [1.807, 2.05) is 34.1 Å². The Labute approximate surface area is 421 Å². The van der Waals surface area contributed by atoms with Crippen LogP contribution in [0.2, 0.25) is 0 Å². The predicted octanol–water partition coefficient (Wildman–Crippen LogP) is 2.58. The van der Waals surface area contributed by atoms with Crippen molar-refractivity contribution >= 4 is 64.4 Å². The van der Waals surface area contributed by atoms with Crippen LogP contribution in [0.5, 0.6) is 0 Å². The number of hydrogen-bond donors (Lipinski definition) is 6. The summed E-state index contributed by atoms with van der Waals surface area (Å²) in [5, 5.41) is 25.6. The molecule has 6 heterocycles. The van der Waals surface area contributed by atoms with Gasteiger partial charge >= 0.3 is 0 Å². The molecule has 73 heavy (non-hydrogen) atoms. The fourth-order valence-corrected chi connectivity index (χ4v) is 9.03. The summed E-state index contributed by atoms with van der Waals surface area (Å²) >= 11 is 0. The highest BCUT2D eigenvalue weighted by Gasteiger charge is 2.28. The molecule has 23 nitrogen and oxygen atoms in total. The normalized spacial score (nSPS) is 19.0. The van der Waals surface area contributed by atoms with Crippen LogP contribution in [0.15, 0.2) is 72.8 Å². The van der Waals surface area contributed by atoms with Crippen molar-refractivity contribution in [1.29, 1.82) is 0 Å². The molecule has 5 fully saturated rings. The Bertz CT molecular complexity index is 2770. The van der Waals surface area contributed by atoms with Gasteiger partial charge in [0.25, 0.3) is 29.5 Å². The maximum Gasteiger partial charge on any atom is 0.273 e. The number of benzene rings is 3. The maximum absolute atomic E-state index is 12.9. The number of primary amides is 2. The van der Waals surface area contributed by atoms with Crippen molar-refractivity contribution < 1.29 is 33.4 Å². The summed E-state index contributed by atoms with van der Waals surface area (Å²) in [5.41, 5.74) is 21.2. The lowest BCUT2D eigenvalue weighted by Gasteiger charge is -2.33. The van der Waals surface area contributed by atoms with E-state index in [2.05, 4.69) is 46.3 Å². The van der Waals surface area contributed by atoms with Gasteiger partial charge in [0.2, 0.25) is 11.9 Å². The highest BCUT2D eigenvalue weighted by atomic mass is 16.5. The van der Waals surface area contributed by atoms with Gasteiger partial charge in [-0.25, -0.2) is 0 Å². The first-order valence-electron chi connectivity index (χ1n) is 24.7. The van der Waals surface area contributed by atoms with E-state index in [4.69, 9.17) is 26.7 Å². The highest BCUT2D eigenvalue weighted by Crippen LogP contribution is 2.40. The summed E-state index contributed by atoms with van der Waals surface area (Å²) in [6.45, 7) is 7.00. The van der Waals surface area contributed by atoms with E-state index in [0.717, 1.165) is 32.2 Å². The molecule has 23 heteroatoms. The van der Waals surface area contributed by atoms with Crippen LogP contribution in [-0.4, -0.2) is 161 Å². The van der Waals surface area contributed by atoms with Crippen molar-refractivity contribution in [3.63, 3.8) is 0 Å². The number of morpholine rings is 2. The number of hydrogen-bond acceptors (Lipinski definition) is 18. The first-order valence-corrected chi connectivity index (χ1v) is 24.7. The molecule has 1 saturated carbocycles. The van der Waals surface area contributed by atoms with Crippen LogP contribution in [0.25, 0.3) is 0 Å². The lowest BCUT2D eigenvalue weighted by atomic mass is 10.0. The zero-order chi connectivity index (χ0) is 50.8. The lowest BCUT2D eigenvalue weighted by Crippen LogP contribution is -2.48. The third-order valence-corrected chi connectivity index (χ3v) is 13.2. The van der Waals surface area contributed by atoms with Crippen LogP contribution in [0.1, 0.15) is 102 Å². The number of nitrogens with one attached hydrogen (secondary N) is 3. The van der Waals surface area contributed by atoms with E-state index in [-0.39, 0.29) is 52.8 Å². The molecule has 5 aromatic rings. The highest BCUT2D eigenvalue weighted by molar-refractivity contribution is 5.98. The van der Waals surface area contributed by atoms with Crippen LogP contribution in [0.4, 0.5) is 34.9 Å². The third kappa shape index (κ3) is 12.8. The van der Waals surface area contributed by atoms with Gasteiger partial charge in [0.15, 0.2) is 23.0 Å². The third-order valence-electron chi connectivity index (χ3n) is 13.2. The van der Waals surface area contributed by atoms with Gasteiger partial charge in [0.05, 0.1) is 26.4 Å². The number of carbonyl (C=O) groups excluding carboxylic acids is 5. The summed E-state index contributed by atoms with van der Waals surface area (Å²) in [6, 6.07) is 21.7. The molecular formula is C50H60N16O7. The SMILES string of the molecule is NC(=O)c1nnc(N2CCC[C@@H](N)C2)nc1Nc1ccc(C(=O)N2CCOCC2)cc1.NC(=O)c1nnc(N2CCC[C@@H](NC(=O)c3ccc(C4CC4)cc3)C2)nc1Nc1ccc(C(=O)N2CCOCC2)cc1. The Morgan fingerprint density at radius 3 is 1.44 bits per heavy atom. The molecule has 5 aliphatic rings. The van der Waals surface area contributed by atoms with E-state index in [1.165, 1.54) is 18.4 Å². The number of anilines is 6. The van der Waals surface area contributed by atoms with Crippen molar-refractivity contribution in [1.82, 2.24) is 45.5 Å². The minimum atomic E-state index is -0.764. The van der Waals surface area contributed by atoms with Gasteiger partial charge in [0, 0.05) is 92.5 Å². The molecule has 0 unspecified atom stereocenters. The van der Waals surface area contributed by atoms with Gasteiger partial charge in [-0.2, -0.15) is 9.97 Å². The van der Waals surface area contributed by atoms with Crippen molar-refractivity contribution in [2.45, 2.75) is 56.5 Å². The van der Waals surface area contributed by atoms with Gasteiger partial charge < -0.3 is 62.2 Å². The monoisotopic (exact) mass is 996 g/mol. The number of rotatable bonds is 13. The summed E-state index contributed by atoms with van der Waals surface area (Å²) in [6.07, 6.45) is 5.98. The van der Waals surface area contributed by atoms with Crippen LogP contribution in [0.3, 0.4) is 0 Å². The van der Waals surface area contributed by atoms with Gasteiger partial charge in [-0.1, -0.05) is 12.1 Å². The van der Waals surface area contributed by atoms with E-state index < -0.39 is 11.8 Å². The van der Waals surface area contributed by atoms with Crippen LogP contribution in [0, 0.1) is 0 Å². The standard InChI is InChI=1S/C30H34N8O4.C20H26N8O3/c31-26(39)25-27(32-23-11-9-22(10-12-23)29(41)37-14-16-42-17-15-37)34-30(36-35-25)38-13-1-2-24(18-38)33-28(40)21-7-5-20(6-8-21)19-3-4-19;21-14-2-1-7-28(12-14)20-24-18(16(17(22)29)25-26-20)23-15-5-3-13(4-6-15)19(30)27-8-10-31-11-9-27/h5-12,19,24H,1-4,13-18H2,(H2,31,39)(H,33,40)(H,32,34,36);3-6,14H,1-2,7-12,21H2,(H2,22,29)(H,23,24,26)/t24-;14-/m11/s1. The van der Waals surface area contributed by atoms with Crippen LogP contribution in [-0.2, 0) is 9.47 Å². The molecule has 382 valence electrons. The first kappa shape index (κ1) is 50.1. The zero-order valence-corrected chi connectivity index (χ0v) is 40.5. The maximum atomic E-state index is 12.9. The van der Waals surface area contributed by atoms with Gasteiger partial charge in [0.1, 0.15) is 0 Å². The van der Waals surface area contributed by atoms with Gasteiger partial charge in [-0.15, -0.1) is 20.4 Å². The molecule has 10 rings (SSSR count). The fourth-order valence-electron chi connectivity index (χ4n) is 9.03. The molecule has 4 aliphatic heterocycles. The molecule has 2 atom stereocenters. The summed E-state index contributed by atoms with van der Waals surface area (Å²) < 4.78 is 10.6. The quantitative estimate of drug-likeness (QED) is 0.0987. The first-order chi connectivity index (χ1) is 35.4. The minimum Gasteiger partial charge on any atom is -0.378 e. The Balaban J connectivity index is 0.000000188. The second-order valence-corrected chi connectivity index (χ2v) is 18.6. The van der Waals surface area contributed by atoms with Crippen molar-refractivity contribution in [3.8, 4) is 0 Å². The average Bonchev–Trinajstić information content (AvgIpc) is 4.28. The smallest absolute Gasteiger partial charge is 0.273 e. The van der Waals surface area contributed by atoms with E-state index >= 15 is 0 Å². The van der Waals surface area contributed by atoms with Gasteiger partial charge in [-0.05, 0) is 111 Å². The number of carbonyl (C=O) groups is 5. The fraction of sp³-hybridized carbons (Fsp3) is 0.420. The summed E-state index contributed by atoms with van der Waals surface area (Å²) in [7, 11) is 0. The predicted molar refractivity (Wildman–Crippen MR) is 270 cm³/mol. The topological polar surface area (TPSA) is 308 Å². The number of piperidine rings is 2. The number of ether oxygens (including phenoxy) is 2. The zero-order valence-electron chi connectivity index (χ0n) is 40.5. The van der Waals surface area contributed by atoms with Crippen LogP contribution >= 0.6 is 0 Å². The number of nitrogens with zero attached hydrogens (tertiary/aromatic N) is 10. The Kier molecular flexibility index (Phi) is 15.9. The number of amides is 5. The van der Waals surface area contributed by atoms with Crippen molar-refractivity contribution in [2.75, 3.05) is 99.2 Å². The van der Waals surface area contributed by atoms with Gasteiger partial charge in [-0.3, -0.25) is 24.0 Å². The largest absolute Gasteiger partial charge is 0.378 e. The van der Waals surface area contributed by atoms with E-state index in [1.54, 1.807) is 58.3 Å². The Morgan fingerprint density at radius 1 is 0.534 bits per heavy atom. The number of nitrogens with two attached hydrogens (primary N) is 3. The Morgan fingerprint density at radius 2 is 0.986 bits per heavy atom. The minimum absolute atomic E-state index is 0.0416. The lowest BCUT2D eigenvalue weighted by molar-refractivity contribution is 0.0301. The second kappa shape index (κ2) is 23.1. The molecule has 9 N–H and O–H groups in total. The Hall–Kier alpha value is -7.89. The van der Waals surface area contributed by atoms with Crippen molar-refractivity contribution in [2.24, 2.45) is 17.2 Å². The second-order valence-electron chi connectivity index (χ2n) is 18.6. The van der Waals surface area contributed by atoms with Crippen LogP contribution < -0.4 is 43.0 Å². The number of aromatic nitrogens is 6. The summed E-state index contributed by atoms with van der Waals surface area (Å²) in [5.74, 6) is 0.0396. The molecular weight excluding hydrogens is 937 g/mol. The molecule has 4 saturated heterocycles. The molecule has 0 radical (unpaired) electrons. The molecule has 2 aromatic heterocycles.